The van der Waals surface area contributed by atoms with Crippen molar-refractivity contribution in [1.82, 2.24) is 4.90 Å². The van der Waals surface area contributed by atoms with Gasteiger partial charge in [0, 0.05) is 6.54 Å². The molecule has 0 saturated carbocycles. The van der Waals surface area contributed by atoms with Crippen LogP contribution in [0.2, 0.25) is 0 Å². The minimum absolute atomic E-state index is 0.314. The van der Waals surface area contributed by atoms with Crippen molar-refractivity contribution in [3.8, 4) is 0 Å². The van der Waals surface area contributed by atoms with E-state index in [1.807, 2.05) is 6.07 Å². The van der Waals surface area contributed by atoms with E-state index in [1.54, 1.807) is 24.3 Å². The lowest BCUT2D eigenvalue weighted by Gasteiger charge is -2.24. The molecule has 0 aromatic heterocycles. The molecular formula is C13H16N2O3. The minimum atomic E-state index is -0.957. The Balaban J connectivity index is 2.14. The number of hydrogen-bond donors (Lipinski definition) is 2. The monoisotopic (exact) mass is 248 g/mol. The second-order valence-electron chi connectivity index (χ2n) is 4.42. The Morgan fingerprint density at radius 1 is 1.33 bits per heavy atom. The molecule has 0 bridgehead atoms. The molecule has 0 aliphatic carbocycles. The van der Waals surface area contributed by atoms with E-state index in [4.69, 9.17) is 10.8 Å². The van der Waals surface area contributed by atoms with Crippen molar-refractivity contribution < 1.29 is 14.7 Å². The molecule has 1 aliphatic heterocycles. The first kappa shape index (κ1) is 12.6. The quantitative estimate of drug-likeness (QED) is 0.827. The molecule has 96 valence electrons. The molecule has 1 amide bonds. The number of hydrogen-bond acceptors (Lipinski definition) is 3. The number of amides is 1. The molecule has 1 saturated heterocycles. The number of carboxylic acids is 1. The Hall–Kier alpha value is -1.88. The van der Waals surface area contributed by atoms with Gasteiger partial charge >= 0.3 is 5.97 Å². The number of likely N-dealkylation sites (tertiary alicyclic amines) is 1. The highest BCUT2D eigenvalue weighted by Crippen LogP contribution is 2.22. The van der Waals surface area contributed by atoms with Gasteiger partial charge in [-0.3, -0.25) is 4.79 Å². The average molecular weight is 248 g/mol. The molecule has 5 nitrogen and oxygen atoms in total. The lowest BCUT2D eigenvalue weighted by atomic mass is 10.1. The summed E-state index contributed by atoms with van der Waals surface area (Å²) in [5, 5.41) is 9.05. The molecule has 18 heavy (non-hydrogen) atoms. The number of nitrogens with two attached hydrogens (primary N) is 1. The van der Waals surface area contributed by atoms with Crippen LogP contribution < -0.4 is 5.73 Å². The van der Waals surface area contributed by atoms with Gasteiger partial charge in [-0.15, -0.1) is 0 Å². The Morgan fingerprint density at radius 2 is 2.00 bits per heavy atom. The van der Waals surface area contributed by atoms with Crippen LogP contribution in [0.15, 0.2) is 30.3 Å². The summed E-state index contributed by atoms with van der Waals surface area (Å²) in [4.78, 5) is 24.6. The van der Waals surface area contributed by atoms with Crippen molar-refractivity contribution in [1.29, 1.82) is 0 Å². The lowest BCUT2D eigenvalue weighted by molar-refractivity contribution is -0.148. The van der Waals surface area contributed by atoms with Gasteiger partial charge in [-0.25, -0.2) is 4.79 Å². The van der Waals surface area contributed by atoms with Crippen LogP contribution in [0.5, 0.6) is 0 Å². The van der Waals surface area contributed by atoms with Crippen LogP contribution in [0.4, 0.5) is 0 Å². The smallest absolute Gasteiger partial charge is 0.326 e. The number of carbonyl (C=O) groups excluding carboxylic acids is 1. The molecule has 1 aromatic carbocycles. The molecule has 1 heterocycles. The molecule has 5 heteroatoms. The van der Waals surface area contributed by atoms with E-state index in [0.717, 1.165) is 0 Å². The number of nitrogens with zero attached hydrogens (tertiary/aromatic N) is 1. The Bertz CT molecular complexity index is 447. The third-order valence-corrected chi connectivity index (χ3v) is 3.25. The maximum atomic E-state index is 12.2. The second-order valence-corrected chi connectivity index (χ2v) is 4.42. The van der Waals surface area contributed by atoms with Crippen molar-refractivity contribution in [2.75, 3.05) is 6.54 Å². The van der Waals surface area contributed by atoms with Gasteiger partial charge in [0.15, 0.2) is 0 Å². The molecule has 0 radical (unpaired) electrons. The van der Waals surface area contributed by atoms with Crippen molar-refractivity contribution >= 4 is 11.9 Å². The van der Waals surface area contributed by atoms with Gasteiger partial charge < -0.3 is 15.7 Å². The Labute approximate surface area is 105 Å². The zero-order valence-corrected chi connectivity index (χ0v) is 9.95. The maximum absolute atomic E-state index is 12.2. The largest absolute Gasteiger partial charge is 0.480 e. The first-order valence-corrected chi connectivity index (χ1v) is 5.95. The van der Waals surface area contributed by atoms with Gasteiger partial charge in [0.25, 0.3) is 0 Å². The predicted octanol–water partition coefficient (Wildman–Crippen LogP) is 0.762. The van der Waals surface area contributed by atoms with E-state index in [9.17, 15) is 9.59 Å². The van der Waals surface area contributed by atoms with Crippen LogP contribution in [0.3, 0.4) is 0 Å². The SMILES string of the molecule is N[C@H](C(=O)N1CCC[C@H]1C(=O)O)c1ccccc1. The number of benzene rings is 1. The zero-order valence-electron chi connectivity index (χ0n) is 9.95. The van der Waals surface area contributed by atoms with E-state index in [2.05, 4.69) is 0 Å². The molecule has 2 rings (SSSR count). The van der Waals surface area contributed by atoms with Crippen LogP contribution in [-0.2, 0) is 9.59 Å². The Kier molecular flexibility index (Phi) is 3.62. The Morgan fingerprint density at radius 3 is 2.61 bits per heavy atom. The molecular weight excluding hydrogens is 232 g/mol. The van der Waals surface area contributed by atoms with E-state index in [1.165, 1.54) is 4.90 Å². The van der Waals surface area contributed by atoms with Gasteiger partial charge in [-0.1, -0.05) is 30.3 Å². The van der Waals surface area contributed by atoms with E-state index in [0.29, 0.717) is 24.9 Å². The summed E-state index contributed by atoms with van der Waals surface area (Å²) in [6.07, 6.45) is 1.22. The average Bonchev–Trinajstić information content (AvgIpc) is 2.87. The lowest BCUT2D eigenvalue weighted by Crippen LogP contribution is -2.44. The summed E-state index contributed by atoms with van der Waals surface area (Å²) in [5.41, 5.74) is 6.60. The minimum Gasteiger partial charge on any atom is -0.480 e. The third-order valence-electron chi connectivity index (χ3n) is 3.25. The van der Waals surface area contributed by atoms with Crippen LogP contribution >= 0.6 is 0 Å². The van der Waals surface area contributed by atoms with Gasteiger partial charge in [0.2, 0.25) is 5.91 Å². The number of rotatable bonds is 3. The summed E-state index contributed by atoms with van der Waals surface area (Å²) in [7, 11) is 0. The summed E-state index contributed by atoms with van der Waals surface area (Å²) >= 11 is 0. The first-order chi connectivity index (χ1) is 8.61. The summed E-state index contributed by atoms with van der Waals surface area (Å²) in [5.74, 6) is -1.27. The van der Waals surface area contributed by atoms with Crippen LogP contribution in [-0.4, -0.2) is 34.5 Å². The second kappa shape index (κ2) is 5.18. The summed E-state index contributed by atoms with van der Waals surface area (Å²) in [6, 6.07) is 7.49. The molecule has 0 spiro atoms. The number of carboxylic acid groups (broad SMARTS) is 1. The standard InChI is InChI=1S/C13H16N2O3/c14-11(9-5-2-1-3-6-9)12(16)15-8-4-7-10(15)13(17)18/h1-3,5-6,10-11H,4,7-8,14H2,(H,17,18)/t10-,11-/m0/s1. The third kappa shape index (κ3) is 2.36. The fourth-order valence-corrected chi connectivity index (χ4v) is 2.27. The van der Waals surface area contributed by atoms with E-state index >= 15 is 0 Å². The van der Waals surface area contributed by atoms with E-state index < -0.39 is 18.1 Å². The van der Waals surface area contributed by atoms with Crippen molar-refractivity contribution in [3.63, 3.8) is 0 Å². The molecule has 1 aliphatic rings. The highest BCUT2D eigenvalue weighted by atomic mass is 16.4. The van der Waals surface area contributed by atoms with Gasteiger partial charge in [-0.2, -0.15) is 0 Å². The molecule has 0 unspecified atom stereocenters. The van der Waals surface area contributed by atoms with Crippen molar-refractivity contribution in [3.05, 3.63) is 35.9 Å². The molecule has 3 N–H and O–H groups in total. The normalized spacial score (nSPS) is 20.7. The fraction of sp³-hybridized carbons (Fsp3) is 0.385. The zero-order chi connectivity index (χ0) is 13.1. The van der Waals surface area contributed by atoms with Crippen LogP contribution in [0, 0.1) is 0 Å². The van der Waals surface area contributed by atoms with Crippen LogP contribution in [0.25, 0.3) is 0 Å². The molecule has 1 fully saturated rings. The number of carbonyl (C=O) groups is 2. The molecule has 1 aromatic rings. The van der Waals surface area contributed by atoms with Crippen molar-refractivity contribution in [2.24, 2.45) is 5.73 Å². The fourth-order valence-electron chi connectivity index (χ4n) is 2.27. The topological polar surface area (TPSA) is 83.6 Å². The highest BCUT2D eigenvalue weighted by molar-refractivity contribution is 5.88. The summed E-state index contributed by atoms with van der Waals surface area (Å²) < 4.78 is 0. The molecule has 2 atom stereocenters. The van der Waals surface area contributed by atoms with Gasteiger partial charge in [-0.05, 0) is 18.4 Å². The predicted molar refractivity (Wildman–Crippen MR) is 65.7 cm³/mol. The first-order valence-electron chi connectivity index (χ1n) is 5.95. The van der Waals surface area contributed by atoms with Crippen molar-refractivity contribution in [2.45, 2.75) is 24.9 Å². The van der Waals surface area contributed by atoms with Crippen LogP contribution in [0.1, 0.15) is 24.4 Å². The maximum Gasteiger partial charge on any atom is 0.326 e. The van der Waals surface area contributed by atoms with Gasteiger partial charge in [0.1, 0.15) is 12.1 Å². The number of aliphatic carboxylic acids is 1. The summed E-state index contributed by atoms with van der Waals surface area (Å²) in [6.45, 7) is 0.469. The highest BCUT2D eigenvalue weighted by Gasteiger charge is 2.36. The van der Waals surface area contributed by atoms with Gasteiger partial charge in [0.05, 0.1) is 0 Å². The van der Waals surface area contributed by atoms with E-state index in [-0.39, 0.29) is 5.91 Å².